The smallest absolute Gasteiger partial charge is 0.240 e. The molecule has 6 nitrogen and oxygen atoms in total. The van der Waals surface area contributed by atoms with Gasteiger partial charge in [0.1, 0.15) is 0 Å². The average molecular weight is 363 g/mol. The first-order valence-electron chi connectivity index (χ1n) is 8.50. The van der Waals surface area contributed by atoms with Crippen LogP contribution >= 0.6 is 11.6 Å². The Labute approximate surface area is 152 Å². The third-order valence-electron chi connectivity index (χ3n) is 4.30. The van der Waals surface area contributed by atoms with Crippen LogP contribution in [0.15, 0.2) is 34.9 Å². The first-order valence-corrected chi connectivity index (χ1v) is 8.88. The molecule has 0 aliphatic carbocycles. The predicted octanol–water partition coefficient (Wildman–Crippen LogP) is 3.21. The fourth-order valence-corrected chi connectivity index (χ4v) is 3.02. The van der Waals surface area contributed by atoms with E-state index in [9.17, 15) is 4.79 Å². The first kappa shape index (κ1) is 17.8. The van der Waals surface area contributed by atoms with E-state index in [-0.39, 0.29) is 11.8 Å². The van der Waals surface area contributed by atoms with Gasteiger partial charge in [-0.3, -0.25) is 15.0 Å². The Kier molecular flexibility index (Phi) is 5.60. The van der Waals surface area contributed by atoms with Crippen LogP contribution in [0.3, 0.4) is 0 Å². The number of amides is 1. The number of aromatic nitrogens is 1. The summed E-state index contributed by atoms with van der Waals surface area (Å²) in [6.07, 6.45) is 0. The molecule has 0 saturated carbocycles. The Morgan fingerprint density at radius 3 is 2.68 bits per heavy atom. The molecular formula is C18H23ClN4O2. The summed E-state index contributed by atoms with van der Waals surface area (Å²) in [5.74, 6) is 0.600. The fraction of sp³-hybridized carbons (Fsp3) is 0.444. The Bertz CT molecular complexity index is 723. The van der Waals surface area contributed by atoms with Crippen molar-refractivity contribution in [1.29, 1.82) is 0 Å². The number of hydrogen-bond donors (Lipinski definition) is 1. The van der Waals surface area contributed by atoms with Crippen molar-refractivity contribution in [1.82, 2.24) is 10.1 Å². The van der Waals surface area contributed by atoms with Crippen LogP contribution in [0.25, 0.3) is 0 Å². The lowest BCUT2D eigenvalue weighted by atomic mass is 10.1. The van der Waals surface area contributed by atoms with Crippen molar-refractivity contribution in [3.05, 3.63) is 41.0 Å². The molecule has 134 valence electrons. The van der Waals surface area contributed by atoms with Gasteiger partial charge in [-0.1, -0.05) is 36.7 Å². The third-order valence-corrected chi connectivity index (χ3v) is 4.53. The summed E-state index contributed by atoms with van der Waals surface area (Å²) in [6.45, 7) is 7.80. The van der Waals surface area contributed by atoms with Crippen LogP contribution in [0.5, 0.6) is 0 Å². The quantitative estimate of drug-likeness (QED) is 0.884. The summed E-state index contributed by atoms with van der Waals surface area (Å²) >= 11 is 6.06. The topological polar surface area (TPSA) is 61.6 Å². The van der Waals surface area contributed by atoms with Crippen molar-refractivity contribution in [2.75, 3.05) is 42.9 Å². The zero-order chi connectivity index (χ0) is 17.8. The zero-order valence-electron chi connectivity index (χ0n) is 14.5. The van der Waals surface area contributed by atoms with Crippen LogP contribution in [-0.2, 0) is 4.79 Å². The molecule has 1 aliphatic rings. The zero-order valence-corrected chi connectivity index (χ0v) is 15.3. The van der Waals surface area contributed by atoms with Crippen LogP contribution < -0.4 is 10.2 Å². The van der Waals surface area contributed by atoms with Crippen LogP contribution in [0.2, 0.25) is 5.02 Å². The van der Waals surface area contributed by atoms with Crippen LogP contribution in [0, 0.1) is 0 Å². The lowest BCUT2D eigenvalue weighted by Crippen LogP contribution is -2.48. The van der Waals surface area contributed by atoms with E-state index in [0.29, 0.717) is 12.4 Å². The summed E-state index contributed by atoms with van der Waals surface area (Å²) in [7, 11) is 0. The number of halogens is 1. The van der Waals surface area contributed by atoms with Crippen molar-refractivity contribution in [2.24, 2.45) is 0 Å². The molecule has 1 aromatic carbocycles. The average Bonchev–Trinajstić information content (AvgIpc) is 3.04. The summed E-state index contributed by atoms with van der Waals surface area (Å²) in [5, 5.41) is 7.46. The molecule has 1 aromatic heterocycles. The molecule has 3 rings (SSSR count). The van der Waals surface area contributed by atoms with E-state index >= 15 is 0 Å². The number of rotatable bonds is 5. The minimum Gasteiger partial charge on any atom is -0.369 e. The maximum atomic E-state index is 12.2. The molecule has 0 unspecified atom stereocenters. The number of nitrogens with zero attached hydrogens (tertiary/aromatic N) is 3. The van der Waals surface area contributed by atoms with E-state index < -0.39 is 0 Å². The molecule has 1 amide bonds. The van der Waals surface area contributed by atoms with Gasteiger partial charge in [0.05, 0.1) is 12.2 Å². The summed E-state index contributed by atoms with van der Waals surface area (Å²) in [6, 6.07) is 9.64. The summed E-state index contributed by atoms with van der Waals surface area (Å²) in [4.78, 5) is 16.6. The van der Waals surface area contributed by atoms with Gasteiger partial charge in [0.2, 0.25) is 11.8 Å². The number of carbonyl (C=O) groups excluding carboxylic acids is 1. The van der Waals surface area contributed by atoms with Crippen molar-refractivity contribution >= 4 is 29.1 Å². The molecule has 0 spiro atoms. The highest BCUT2D eigenvalue weighted by Crippen LogP contribution is 2.21. The standard InChI is InChI=1S/C18H23ClN4O2/c1-13(2)16-11-18(25-21-16)20-17(24)12-22-6-8-23(9-7-22)15-5-3-4-14(19)10-15/h3-5,10-11,13H,6-9,12H2,1-2H3,(H,20,24). The maximum Gasteiger partial charge on any atom is 0.240 e. The molecule has 1 saturated heterocycles. The molecule has 25 heavy (non-hydrogen) atoms. The van der Waals surface area contributed by atoms with Gasteiger partial charge in [-0.15, -0.1) is 0 Å². The summed E-state index contributed by atoms with van der Waals surface area (Å²) < 4.78 is 5.15. The van der Waals surface area contributed by atoms with Gasteiger partial charge in [-0.2, -0.15) is 0 Å². The van der Waals surface area contributed by atoms with Gasteiger partial charge in [0, 0.05) is 43.0 Å². The van der Waals surface area contributed by atoms with E-state index in [0.717, 1.165) is 42.6 Å². The van der Waals surface area contributed by atoms with E-state index in [1.807, 2.05) is 32.0 Å². The van der Waals surface area contributed by atoms with Gasteiger partial charge in [-0.05, 0) is 24.1 Å². The van der Waals surface area contributed by atoms with Gasteiger partial charge < -0.3 is 9.42 Å². The molecule has 2 heterocycles. The highest BCUT2D eigenvalue weighted by molar-refractivity contribution is 6.30. The number of anilines is 2. The minimum absolute atomic E-state index is 0.0809. The molecule has 1 N–H and O–H groups in total. The highest BCUT2D eigenvalue weighted by atomic mass is 35.5. The van der Waals surface area contributed by atoms with Crippen LogP contribution in [-0.4, -0.2) is 48.7 Å². The molecule has 0 radical (unpaired) electrons. The Morgan fingerprint density at radius 2 is 2.04 bits per heavy atom. The lowest BCUT2D eigenvalue weighted by molar-refractivity contribution is -0.117. The summed E-state index contributed by atoms with van der Waals surface area (Å²) in [5.41, 5.74) is 1.96. The van der Waals surface area contributed by atoms with Crippen molar-refractivity contribution in [3.63, 3.8) is 0 Å². The Balaban J connectivity index is 1.47. The normalized spacial score (nSPS) is 15.6. The minimum atomic E-state index is -0.0809. The van der Waals surface area contributed by atoms with Crippen molar-refractivity contribution < 1.29 is 9.32 Å². The number of carbonyl (C=O) groups is 1. The Morgan fingerprint density at radius 1 is 1.28 bits per heavy atom. The largest absolute Gasteiger partial charge is 0.369 e. The molecule has 1 fully saturated rings. The number of benzene rings is 1. The molecule has 0 bridgehead atoms. The second-order valence-electron chi connectivity index (χ2n) is 6.56. The molecular weight excluding hydrogens is 340 g/mol. The van der Waals surface area contributed by atoms with Gasteiger partial charge in [0.15, 0.2) is 0 Å². The lowest BCUT2D eigenvalue weighted by Gasteiger charge is -2.35. The second-order valence-corrected chi connectivity index (χ2v) is 7.00. The van der Waals surface area contributed by atoms with E-state index in [1.54, 1.807) is 6.07 Å². The van der Waals surface area contributed by atoms with Crippen LogP contribution in [0.1, 0.15) is 25.5 Å². The number of nitrogens with one attached hydrogen (secondary N) is 1. The molecule has 1 aliphatic heterocycles. The Hall–Kier alpha value is -2.05. The monoisotopic (exact) mass is 362 g/mol. The third kappa shape index (κ3) is 4.74. The van der Waals surface area contributed by atoms with Crippen molar-refractivity contribution in [2.45, 2.75) is 19.8 Å². The van der Waals surface area contributed by atoms with Crippen LogP contribution in [0.4, 0.5) is 11.6 Å². The van der Waals surface area contributed by atoms with E-state index in [4.69, 9.17) is 16.1 Å². The number of hydrogen-bond acceptors (Lipinski definition) is 5. The van der Waals surface area contributed by atoms with E-state index in [1.165, 1.54) is 0 Å². The first-order chi connectivity index (χ1) is 12.0. The second kappa shape index (κ2) is 7.89. The number of piperazine rings is 1. The van der Waals surface area contributed by atoms with E-state index in [2.05, 4.69) is 26.3 Å². The SMILES string of the molecule is CC(C)c1cc(NC(=O)CN2CCN(c3cccc(Cl)c3)CC2)on1. The van der Waals surface area contributed by atoms with Crippen molar-refractivity contribution in [3.8, 4) is 0 Å². The van der Waals surface area contributed by atoms with Gasteiger partial charge in [-0.25, -0.2) is 0 Å². The highest BCUT2D eigenvalue weighted by Gasteiger charge is 2.20. The fourth-order valence-electron chi connectivity index (χ4n) is 2.84. The van der Waals surface area contributed by atoms with Gasteiger partial charge in [0.25, 0.3) is 0 Å². The predicted molar refractivity (Wildman–Crippen MR) is 99.3 cm³/mol. The molecule has 0 atom stereocenters. The molecule has 7 heteroatoms. The maximum absolute atomic E-state index is 12.2. The molecule has 2 aromatic rings. The van der Waals surface area contributed by atoms with Gasteiger partial charge >= 0.3 is 0 Å².